The number of nitrogens with one attached hydrogen (secondary N) is 2. The number of H-pyrrole nitrogens is 2. The maximum absolute atomic E-state index is 10.2. The first-order valence-corrected chi connectivity index (χ1v) is 2.07. The smallest absolute Gasteiger partial charge is 0.314 e. The van der Waals surface area contributed by atoms with Gasteiger partial charge in [0.1, 0.15) is 0 Å². The van der Waals surface area contributed by atoms with E-state index in [2.05, 4.69) is 4.98 Å². The minimum atomic E-state index is -0.475. The number of aromatic nitrogens is 2. The number of aromatic amines is 2. The maximum Gasteiger partial charge on any atom is 0.325 e. The van der Waals surface area contributed by atoms with Crippen LogP contribution < -0.4 is 11.2 Å². The molecule has 0 saturated heterocycles. The first-order valence-electron chi connectivity index (χ1n) is 2.07. The van der Waals surface area contributed by atoms with Crippen molar-refractivity contribution in [2.45, 2.75) is 0 Å². The fourth-order valence-corrected chi connectivity index (χ4v) is 0.383. The average Bonchev–Trinajstić information content (AvgIpc) is 1.64. The van der Waals surface area contributed by atoms with Gasteiger partial charge in [0.2, 0.25) is 0 Å². The Balaban J connectivity index is 0.000000640. The van der Waals surface area contributed by atoms with E-state index in [1.165, 1.54) is 12.3 Å². The fraction of sp³-hybridized carbons (Fsp3) is 0. The van der Waals surface area contributed by atoms with Crippen LogP contribution in [-0.2, 0) is 19.5 Å². The maximum atomic E-state index is 10.2. The third-order valence-corrected chi connectivity index (χ3v) is 0.686. The molecule has 0 amide bonds. The predicted octanol–water partition coefficient (Wildman–Crippen LogP) is -0.939. The van der Waals surface area contributed by atoms with Crippen LogP contribution in [0, 0.1) is 0 Å². The Hall–Kier alpha value is -0.697. The molecule has 9 heavy (non-hydrogen) atoms. The van der Waals surface area contributed by atoms with E-state index in [4.69, 9.17) is 0 Å². The van der Waals surface area contributed by atoms with Gasteiger partial charge in [0, 0.05) is 31.7 Å². The Kier molecular flexibility index (Phi) is 3.09. The summed E-state index contributed by atoms with van der Waals surface area (Å²) in [4.78, 5) is 24.7. The molecule has 1 aromatic rings. The van der Waals surface area contributed by atoms with Crippen molar-refractivity contribution in [2.24, 2.45) is 0 Å². The van der Waals surface area contributed by atoms with Crippen molar-refractivity contribution in [3.05, 3.63) is 33.1 Å². The van der Waals surface area contributed by atoms with Gasteiger partial charge in [-0.3, -0.25) is 9.78 Å². The van der Waals surface area contributed by atoms with Crippen LogP contribution in [-0.4, -0.2) is 9.97 Å². The van der Waals surface area contributed by atoms with E-state index in [0.717, 1.165) is 0 Å². The second kappa shape index (κ2) is 3.35. The van der Waals surface area contributed by atoms with Gasteiger partial charge in [-0.1, -0.05) is 0 Å². The van der Waals surface area contributed by atoms with E-state index >= 15 is 0 Å². The van der Waals surface area contributed by atoms with Crippen molar-refractivity contribution < 1.29 is 19.5 Å². The molecule has 50 valence electrons. The minimum Gasteiger partial charge on any atom is -0.314 e. The first kappa shape index (κ1) is 8.30. The SMILES string of the molecule is O=c1cc[nH]c(=O)[nH]1.[Ru]. The molecule has 0 unspecified atom stereocenters. The number of hydrogen-bond acceptors (Lipinski definition) is 2. The molecule has 5 heteroatoms. The summed E-state index contributed by atoms with van der Waals surface area (Å²) in [6.45, 7) is 0. The minimum absolute atomic E-state index is 0. The zero-order valence-electron chi connectivity index (χ0n) is 4.32. The predicted molar refractivity (Wildman–Crippen MR) is 27.7 cm³/mol. The number of rotatable bonds is 0. The molecule has 1 aromatic heterocycles. The Morgan fingerprint density at radius 2 is 2.00 bits per heavy atom. The van der Waals surface area contributed by atoms with E-state index in [-0.39, 0.29) is 25.0 Å². The van der Waals surface area contributed by atoms with Gasteiger partial charge >= 0.3 is 5.69 Å². The second-order valence-electron chi connectivity index (χ2n) is 1.30. The summed E-state index contributed by atoms with van der Waals surface area (Å²) in [6.07, 6.45) is 1.29. The summed E-state index contributed by atoms with van der Waals surface area (Å²) < 4.78 is 0. The fourth-order valence-electron chi connectivity index (χ4n) is 0.383. The molecule has 0 aliphatic carbocycles. The van der Waals surface area contributed by atoms with Gasteiger partial charge in [-0.05, 0) is 0 Å². The van der Waals surface area contributed by atoms with Crippen molar-refractivity contribution in [1.29, 1.82) is 0 Å². The van der Waals surface area contributed by atoms with Crippen LogP contribution in [0.3, 0.4) is 0 Å². The Bertz CT molecular complexity index is 251. The van der Waals surface area contributed by atoms with Gasteiger partial charge in [0.15, 0.2) is 0 Å². The van der Waals surface area contributed by atoms with Crippen molar-refractivity contribution in [3.63, 3.8) is 0 Å². The molecular weight excluding hydrogens is 209 g/mol. The van der Waals surface area contributed by atoms with Crippen LogP contribution in [0.15, 0.2) is 21.9 Å². The quantitative estimate of drug-likeness (QED) is 0.546. The molecule has 1 rings (SSSR count). The third-order valence-electron chi connectivity index (χ3n) is 0.686. The van der Waals surface area contributed by atoms with E-state index < -0.39 is 5.69 Å². The van der Waals surface area contributed by atoms with Crippen LogP contribution in [0.25, 0.3) is 0 Å². The van der Waals surface area contributed by atoms with E-state index in [1.807, 2.05) is 4.98 Å². The molecule has 2 N–H and O–H groups in total. The zero-order valence-corrected chi connectivity index (χ0v) is 6.06. The summed E-state index contributed by atoms with van der Waals surface area (Å²) in [7, 11) is 0. The molecule has 0 atom stereocenters. The van der Waals surface area contributed by atoms with Gasteiger partial charge in [-0.2, -0.15) is 0 Å². The van der Waals surface area contributed by atoms with Crippen molar-refractivity contribution in [1.82, 2.24) is 9.97 Å². The summed E-state index contributed by atoms with van der Waals surface area (Å²) in [5, 5.41) is 0. The molecular formula is C4H4N2O2Ru. The van der Waals surface area contributed by atoms with E-state index in [1.54, 1.807) is 0 Å². The topological polar surface area (TPSA) is 65.7 Å². The molecule has 0 bridgehead atoms. The Labute approximate surface area is 63.1 Å². The molecule has 0 saturated carbocycles. The molecule has 4 nitrogen and oxygen atoms in total. The normalized spacial score (nSPS) is 8.00. The molecule has 0 spiro atoms. The van der Waals surface area contributed by atoms with Crippen molar-refractivity contribution in [3.8, 4) is 0 Å². The van der Waals surface area contributed by atoms with Gasteiger partial charge < -0.3 is 4.98 Å². The Morgan fingerprint density at radius 3 is 2.33 bits per heavy atom. The molecule has 0 aromatic carbocycles. The van der Waals surface area contributed by atoms with Gasteiger partial charge in [-0.15, -0.1) is 0 Å². The van der Waals surface area contributed by atoms with Crippen molar-refractivity contribution in [2.75, 3.05) is 0 Å². The van der Waals surface area contributed by atoms with E-state index in [0.29, 0.717) is 0 Å². The van der Waals surface area contributed by atoms with Gasteiger partial charge in [0.05, 0.1) is 0 Å². The van der Waals surface area contributed by atoms with Crippen LogP contribution in [0.4, 0.5) is 0 Å². The standard InChI is InChI=1S/C4H4N2O2.Ru/c7-3-1-2-5-4(8)6-3;/h1-2H,(H2,5,6,7,8);. The monoisotopic (exact) mass is 214 g/mol. The van der Waals surface area contributed by atoms with Crippen LogP contribution in [0.2, 0.25) is 0 Å². The number of hydrogen-bond donors (Lipinski definition) is 2. The van der Waals surface area contributed by atoms with Gasteiger partial charge in [-0.25, -0.2) is 4.79 Å². The van der Waals surface area contributed by atoms with E-state index in [9.17, 15) is 9.59 Å². The third kappa shape index (κ3) is 2.37. The zero-order chi connectivity index (χ0) is 5.98. The summed E-state index contributed by atoms with van der Waals surface area (Å²) in [6, 6.07) is 1.24. The summed E-state index contributed by atoms with van der Waals surface area (Å²) >= 11 is 0. The molecule has 0 aliphatic rings. The largest absolute Gasteiger partial charge is 0.325 e. The second-order valence-corrected chi connectivity index (χ2v) is 1.30. The Morgan fingerprint density at radius 1 is 1.33 bits per heavy atom. The first-order chi connectivity index (χ1) is 3.79. The van der Waals surface area contributed by atoms with Crippen LogP contribution >= 0.6 is 0 Å². The van der Waals surface area contributed by atoms with Gasteiger partial charge in [0.25, 0.3) is 5.56 Å². The van der Waals surface area contributed by atoms with Crippen LogP contribution in [0.1, 0.15) is 0 Å². The molecule has 0 fully saturated rings. The molecule has 0 radical (unpaired) electrons. The summed E-state index contributed by atoms with van der Waals surface area (Å²) in [5.41, 5.74) is -0.855. The molecule has 1 heterocycles. The van der Waals surface area contributed by atoms with Crippen molar-refractivity contribution >= 4 is 0 Å². The summed E-state index contributed by atoms with van der Waals surface area (Å²) in [5.74, 6) is 0. The average molecular weight is 213 g/mol. The van der Waals surface area contributed by atoms with Crippen LogP contribution in [0.5, 0.6) is 0 Å². The molecule has 0 aliphatic heterocycles.